The van der Waals surface area contributed by atoms with E-state index in [4.69, 9.17) is 5.79 Å². The summed E-state index contributed by atoms with van der Waals surface area (Å²) in [7, 11) is 0. The number of benzene rings is 8. The number of hydrogen-bond donors (Lipinski definition) is 0. The molecule has 1 heterocycles. The molecule has 200 valence electrons. The summed E-state index contributed by atoms with van der Waals surface area (Å²) in [4.78, 5) is 0. The van der Waals surface area contributed by atoms with Crippen LogP contribution in [0, 0.1) is 0 Å². The fraction of sp³-hybridized carbons (Fsp3) is 0. The molecule has 9 aromatic rings. The Bertz CT molecular complexity index is 2480. The molecule has 0 unspecified atom stereocenters. The van der Waals surface area contributed by atoms with E-state index in [1.54, 1.807) is 0 Å². The van der Waals surface area contributed by atoms with Crippen molar-refractivity contribution in [2.45, 2.75) is 0 Å². The van der Waals surface area contributed by atoms with E-state index >= 15 is 0 Å². The van der Waals surface area contributed by atoms with Crippen LogP contribution < -0.4 is 0 Å². The summed E-state index contributed by atoms with van der Waals surface area (Å²) in [6.07, 6.45) is 0. The first-order chi connectivity index (χ1) is 21.7. The maximum atomic E-state index is 7.84. The minimum absolute atomic E-state index is 0.524. The molecule has 0 saturated carbocycles. The number of furan rings is 1. The molecule has 1 aromatic heterocycles. The topological polar surface area (TPSA) is 13.1 Å². The van der Waals surface area contributed by atoms with Crippen LogP contribution >= 0.6 is 0 Å². The standard InChI is InChI=1S/C42H26O/c1-2-11-27(12-3-1)28-21-23-30(24-22-28)39-32-15-6-8-17-34(32)40(35-18-9-7-16-33(35)39)36-19-10-20-38-41(36)37-26-25-29-13-4-5-14-31(29)42(37)43-38/h1-26H/i1D. The van der Waals surface area contributed by atoms with Crippen molar-refractivity contribution in [1.82, 2.24) is 0 Å². The Morgan fingerprint density at radius 3 is 1.67 bits per heavy atom. The first kappa shape index (κ1) is 23.0. The Hall–Kier alpha value is -5.66. The molecule has 0 saturated heterocycles. The Balaban J connectivity index is 1.33. The molecule has 43 heavy (non-hydrogen) atoms. The van der Waals surface area contributed by atoms with E-state index in [2.05, 4.69) is 127 Å². The van der Waals surface area contributed by atoms with Crippen molar-refractivity contribution >= 4 is 54.3 Å². The lowest BCUT2D eigenvalue weighted by atomic mass is 9.84. The molecule has 0 aliphatic rings. The lowest BCUT2D eigenvalue weighted by Gasteiger charge is -2.18. The zero-order chi connectivity index (χ0) is 29.2. The number of hydrogen-bond acceptors (Lipinski definition) is 1. The molecule has 0 aliphatic heterocycles. The highest BCUT2D eigenvalue weighted by molar-refractivity contribution is 6.27. The van der Waals surface area contributed by atoms with Gasteiger partial charge in [-0.2, -0.15) is 0 Å². The lowest BCUT2D eigenvalue weighted by molar-refractivity contribution is 0.673. The maximum absolute atomic E-state index is 7.84. The molecule has 0 N–H and O–H groups in total. The molecule has 1 nitrogen and oxygen atoms in total. The highest BCUT2D eigenvalue weighted by Gasteiger charge is 2.20. The molecule has 0 radical (unpaired) electrons. The van der Waals surface area contributed by atoms with Crippen molar-refractivity contribution in [1.29, 1.82) is 0 Å². The van der Waals surface area contributed by atoms with Gasteiger partial charge in [-0.1, -0.05) is 146 Å². The quantitative estimate of drug-likeness (QED) is 0.201. The lowest BCUT2D eigenvalue weighted by Crippen LogP contribution is -1.91. The third-order valence-corrected chi connectivity index (χ3v) is 8.81. The van der Waals surface area contributed by atoms with Crippen molar-refractivity contribution < 1.29 is 5.79 Å². The minimum Gasteiger partial charge on any atom is -0.455 e. The van der Waals surface area contributed by atoms with Crippen LogP contribution in [0.3, 0.4) is 0 Å². The third kappa shape index (κ3) is 3.65. The summed E-state index contributed by atoms with van der Waals surface area (Å²) in [5.74, 6) is 0. The van der Waals surface area contributed by atoms with Gasteiger partial charge in [0.15, 0.2) is 0 Å². The largest absolute Gasteiger partial charge is 0.455 e. The fourth-order valence-corrected chi connectivity index (χ4v) is 6.90. The van der Waals surface area contributed by atoms with E-state index < -0.39 is 0 Å². The van der Waals surface area contributed by atoms with Gasteiger partial charge < -0.3 is 4.42 Å². The Morgan fingerprint density at radius 1 is 0.395 bits per heavy atom. The molecule has 0 atom stereocenters. The molecular weight excluding hydrogens is 520 g/mol. The van der Waals surface area contributed by atoms with Crippen LogP contribution in [0.25, 0.3) is 87.6 Å². The van der Waals surface area contributed by atoms with E-state index in [1.165, 1.54) is 49.2 Å². The Labute approximate surface area is 250 Å². The van der Waals surface area contributed by atoms with Gasteiger partial charge in [-0.05, 0) is 72.4 Å². The molecule has 0 amide bonds. The van der Waals surface area contributed by atoms with Crippen molar-refractivity contribution in [2.24, 2.45) is 0 Å². The molecule has 0 bridgehead atoms. The molecule has 0 spiro atoms. The predicted octanol–water partition coefficient (Wildman–Crippen LogP) is 12.0. The van der Waals surface area contributed by atoms with Gasteiger partial charge >= 0.3 is 0 Å². The van der Waals surface area contributed by atoms with Gasteiger partial charge in [0.05, 0.1) is 1.37 Å². The van der Waals surface area contributed by atoms with E-state index in [-0.39, 0.29) is 0 Å². The van der Waals surface area contributed by atoms with Crippen molar-refractivity contribution in [3.8, 4) is 33.4 Å². The Morgan fingerprint density at radius 2 is 0.977 bits per heavy atom. The second kappa shape index (κ2) is 9.44. The monoisotopic (exact) mass is 547 g/mol. The van der Waals surface area contributed by atoms with Crippen molar-refractivity contribution in [3.05, 3.63) is 158 Å². The molecular formula is C42H26O. The van der Waals surface area contributed by atoms with Crippen LogP contribution in [-0.2, 0) is 0 Å². The maximum Gasteiger partial charge on any atom is 0.143 e. The normalized spacial score (nSPS) is 12.0. The average molecular weight is 548 g/mol. The predicted molar refractivity (Wildman–Crippen MR) is 183 cm³/mol. The van der Waals surface area contributed by atoms with E-state index in [9.17, 15) is 0 Å². The van der Waals surface area contributed by atoms with Crippen LogP contribution in [0.2, 0.25) is 0 Å². The minimum atomic E-state index is 0.524. The average Bonchev–Trinajstić information content (AvgIpc) is 3.47. The molecule has 1 heteroatoms. The summed E-state index contributed by atoms with van der Waals surface area (Å²) in [6, 6.07) is 54.0. The van der Waals surface area contributed by atoms with Crippen LogP contribution in [0.15, 0.2) is 162 Å². The van der Waals surface area contributed by atoms with E-state index in [0.29, 0.717) is 6.04 Å². The fourth-order valence-electron chi connectivity index (χ4n) is 6.90. The van der Waals surface area contributed by atoms with Crippen LogP contribution in [0.1, 0.15) is 1.37 Å². The zero-order valence-electron chi connectivity index (χ0n) is 24.3. The zero-order valence-corrected chi connectivity index (χ0v) is 23.3. The SMILES string of the molecule is [2H]c1ccc(-c2ccc(-c3c4ccccc4c(-c4cccc5oc6c7ccccc7ccc6c45)c4ccccc34)cc2)cc1. The van der Waals surface area contributed by atoms with Gasteiger partial charge in [-0.3, -0.25) is 0 Å². The summed E-state index contributed by atoms with van der Waals surface area (Å²) in [6.45, 7) is 0. The Kier molecular flexibility index (Phi) is 5.04. The first-order valence-corrected chi connectivity index (χ1v) is 14.7. The van der Waals surface area contributed by atoms with Crippen molar-refractivity contribution in [3.63, 3.8) is 0 Å². The van der Waals surface area contributed by atoms with Gasteiger partial charge in [0.25, 0.3) is 0 Å². The molecule has 0 aliphatic carbocycles. The number of rotatable bonds is 3. The molecule has 0 fully saturated rings. The van der Waals surface area contributed by atoms with Gasteiger partial charge in [0.1, 0.15) is 11.2 Å². The highest BCUT2D eigenvalue weighted by atomic mass is 16.3. The molecule has 9 rings (SSSR count). The van der Waals surface area contributed by atoms with Crippen LogP contribution in [0.4, 0.5) is 0 Å². The highest BCUT2D eigenvalue weighted by Crippen LogP contribution is 2.47. The van der Waals surface area contributed by atoms with Gasteiger partial charge in [-0.25, -0.2) is 0 Å². The van der Waals surface area contributed by atoms with E-state index in [1.807, 2.05) is 24.3 Å². The summed E-state index contributed by atoms with van der Waals surface area (Å²) in [5, 5.41) is 9.50. The van der Waals surface area contributed by atoms with Crippen LogP contribution in [-0.4, -0.2) is 0 Å². The smallest absolute Gasteiger partial charge is 0.143 e. The number of fused-ring (bicyclic) bond motifs is 7. The molecule has 8 aromatic carbocycles. The van der Waals surface area contributed by atoms with Gasteiger partial charge in [0.2, 0.25) is 0 Å². The van der Waals surface area contributed by atoms with E-state index in [0.717, 1.165) is 38.5 Å². The van der Waals surface area contributed by atoms with Gasteiger partial charge in [0, 0.05) is 16.2 Å². The second-order valence-corrected chi connectivity index (χ2v) is 11.2. The summed E-state index contributed by atoms with van der Waals surface area (Å²) in [5.41, 5.74) is 8.94. The van der Waals surface area contributed by atoms with Crippen LogP contribution in [0.5, 0.6) is 0 Å². The second-order valence-electron chi connectivity index (χ2n) is 11.2. The van der Waals surface area contributed by atoms with Crippen molar-refractivity contribution in [2.75, 3.05) is 0 Å². The third-order valence-electron chi connectivity index (χ3n) is 8.81. The van der Waals surface area contributed by atoms with Gasteiger partial charge in [-0.15, -0.1) is 0 Å². The summed E-state index contributed by atoms with van der Waals surface area (Å²) >= 11 is 0. The summed E-state index contributed by atoms with van der Waals surface area (Å²) < 4.78 is 14.4. The first-order valence-electron chi connectivity index (χ1n) is 15.2.